The molecule has 3 N–H and O–H groups in total. The maximum Gasteiger partial charge on any atom is 0.337 e. The molecule has 0 unspecified atom stereocenters. The maximum atomic E-state index is 11.4. The lowest BCUT2D eigenvalue weighted by atomic mass is 10.1. The Bertz CT molecular complexity index is 802. The minimum atomic E-state index is -4.11. The molecule has 2 aromatic rings. The minimum Gasteiger partial charge on any atom is -0.478 e. The van der Waals surface area contributed by atoms with Gasteiger partial charge in [-0.3, -0.25) is 0 Å². The Kier molecular flexibility index (Phi) is 4.45. The molecule has 0 aliphatic rings. The molecule has 22 heavy (non-hydrogen) atoms. The van der Waals surface area contributed by atoms with E-state index in [0.717, 1.165) is 6.07 Å². The number of rotatable bonds is 5. The number of anilines is 1. The van der Waals surface area contributed by atoms with Gasteiger partial charge in [0.05, 0.1) is 29.1 Å². The normalized spacial score (nSPS) is 11.4. The van der Waals surface area contributed by atoms with Crippen molar-refractivity contribution in [2.75, 3.05) is 11.9 Å². The van der Waals surface area contributed by atoms with Crippen LogP contribution in [0.5, 0.6) is 0 Å². The molecular formula is C13H13ClN2O5S. The van der Waals surface area contributed by atoms with Crippen molar-refractivity contribution < 1.29 is 22.7 Å². The van der Waals surface area contributed by atoms with E-state index in [0.29, 0.717) is 12.3 Å². The van der Waals surface area contributed by atoms with Crippen LogP contribution < -0.4 is 10.0 Å². The zero-order valence-electron chi connectivity index (χ0n) is 11.5. The van der Waals surface area contributed by atoms with Crippen LogP contribution in [0.15, 0.2) is 39.8 Å². The Morgan fingerprint density at radius 2 is 2.14 bits per heavy atom. The first-order valence-electron chi connectivity index (χ1n) is 6.03. The molecule has 0 saturated carbocycles. The third-order valence-electron chi connectivity index (χ3n) is 2.97. The van der Waals surface area contributed by atoms with Crippen molar-refractivity contribution in [3.8, 4) is 0 Å². The molecule has 9 heteroatoms. The average molecular weight is 345 g/mol. The molecule has 0 aliphatic carbocycles. The number of sulfonamides is 1. The van der Waals surface area contributed by atoms with E-state index in [-0.39, 0.29) is 16.3 Å². The lowest BCUT2D eigenvalue weighted by molar-refractivity contribution is 0.0697. The summed E-state index contributed by atoms with van der Waals surface area (Å²) in [5, 5.41) is 14.2. The fraction of sp³-hybridized carbons (Fsp3) is 0.154. The topological polar surface area (TPSA) is 114 Å². The van der Waals surface area contributed by atoms with Crippen LogP contribution >= 0.6 is 11.6 Å². The molecule has 0 fully saturated rings. The standard InChI is InChI=1S/C13H13ClN2O5S/c1-16(7-8-3-2-4-21-8)11-6-10(14)12(22(15,19)20)5-9(11)13(17)18/h2-6H,7H2,1H3,(H,17,18)(H2,15,19,20). The summed E-state index contributed by atoms with van der Waals surface area (Å²) >= 11 is 5.91. The first kappa shape index (κ1) is 16.3. The number of benzene rings is 1. The van der Waals surface area contributed by atoms with E-state index < -0.39 is 20.9 Å². The van der Waals surface area contributed by atoms with E-state index in [1.807, 2.05) is 0 Å². The highest BCUT2D eigenvalue weighted by Gasteiger charge is 2.22. The van der Waals surface area contributed by atoms with Crippen LogP contribution in [0.3, 0.4) is 0 Å². The van der Waals surface area contributed by atoms with E-state index in [1.165, 1.54) is 12.3 Å². The van der Waals surface area contributed by atoms with Crippen LogP contribution in [0, 0.1) is 0 Å². The van der Waals surface area contributed by atoms with Gasteiger partial charge in [-0.1, -0.05) is 11.6 Å². The number of hydrogen-bond acceptors (Lipinski definition) is 5. The molecular weight excluding hydrogens is 332 g/mol. The highest BCUT2D eigenvalue weighted by Crippen LogP contribution is 2.31. The Balaban J connectivity index is 2.51. The smallest absolute Gasteiger partial charge is 0.337 e. The Morgan fingerprint density at radius 1 is 1.45 bits per heavy atom. The van der Waals surface area contributed by atoms with Gasteiger partial charge in [-0.15, -0.1) is 0 Å². The van der Waals surface area contributed by atoms with Crippen molar-refractivity contribution in [3.05, 3.63) is 46.9 Å². The number of carboxylic acids is 1. The monoisotopic (exact) mass is 344 g/mol. The van der Waals surface area contributed by atoms with Crippen molar-refractivity contribution in [3.63, 3.8) is 0 Å². The molecule has 0 aliphatic heterocycles. The molecule has 7 nitrogen and oxygen atoms in total. The summed E-state index contributed by atoms with van der Waals surface area (Å²) in [7, 11) is -2.48. The number of aromatic carboxylic acids is 1. The summed E-state index contributed by atoms with van der Waals surface area (Å²) < 4.78 is 28.1. The molecule has 0 saturated heterocycles. The highest BCUT2D eigenvalue weighted by atomic mass is 35.5. The number of halogens is 1. The number of carboxylic acid groups (broad SMARTS) is 1. The van der Waals surface area contributed by atoms with Crippen LogP contribution in [-0.2, 0) is 16.6 Å². The van der Waals surface area contributed by atoms with Crippen molar-refractivity contribution in [2.45, 2.75) is 11.4 Å². The van der Waals surface area contributed by atoms with Gasteiger partial charge in [-0.2, -0.15) is 0 Å². The van der Waals surface area contributed by atoms with Crippen LogP contribution in [0.1, 0.15) is 16.1 Å². The molecule has 1 aromatic carbocycles. The van der Waals surface area contributed by atoms with Crippen molar-refractivity contribution >= 4 is 33.3 Å². The molecule has 0 spiro atoms. The molecule has 118 valence electrons. The van der Waals surface area contributed by atoms with Gasteiger partial charge in [0.25, 0.3) is 0 Å². The first-order chi connectivity index (χ1) is 10.2. The molecule has 1 aromatic heterocycles. The average Bonchev–Trinajstić information content (AvgIpc) is 2.89. The van der Waals surface area contributed by atoms with E-state index in [1.54, 1.807) is 24.1 Å². The van der Waals surface area contributed by atoms with Gasteiger partial charge in [-0.25, -0.2) is 18.4 Å². The zero-order valence-corrected chi connectivity index (χ0v) is 13.1. The quantitative estimate of drug-likeness (QED) is 0.856. The van der Waals surface area contributed by atoms with Gasteiger partial charge in [0, 0.05) is 7.05 Å². The van der Waals surface area contributed by atoms with Crippen molar-refractivity contribution in [2.24, 2.45) is 5.14 Å². The minimum absolute atomic E-state index is 0.145. The third-order valence-corrected chi connectivity index (χ3v) is 4.35. The van der Waals surface area contributed by atoms with Crippen molar-refractivity contribution in [1.82, 2.24) is 0 Å². The zero-order chi connectivity index (χ0) is 16.5. The second-order valence-electron chi connectivity index (χ2n) is 4.59. The predicted octanol–water partition coefficient (Wildman–Crippen LogP) is 1.92. The number of nitrogens with zero attached hydrogens (tertiary/aromatic N) is 1. The van der Waals surface area contributed by atoms with Crippen LogP contribution in [0.4, 0.5) is 5.69 Å². The molecule has 0 bridgehead atoms. The number of hydrogen-bond donors (Lipinski definition) is 2. The van der Waals surface area contributed by atoms with Gasteiger partial charge >= 0.3 is 5.97 Å². The maximum absolute atomic E-state index is 11.4. The Hall–Kier alpha value is -2.03. The van der Waals surface area contributed by atoms with Crippen LogP contribution in [0.2, 0.25) is 5.02 Å². The fourth-order valence-electron chi connectivity index (χ4n) is 1.97. The van der Waals surface area contributed by atoms with Gasteiger partial charge in [0.15, 0.2) is 0 Å². The predicted molar refractivity (Wildman–Crippen MR) is 80.6 cm³/mol. The van der Waals surface area contributed by atoms with Crippen molar-refractivity contribution in [1.29, 1.82) is 0 Å². The summed E-state index contributed by atoms with van der Waals surface area (Å²) in [6.07, 6.45) is 1.50. The van der Waals surface area contributed by atoms with E-state index in [9.17, 15) is 18.3 Å². The van der Waals surface area contributed by atoms with E-state index >= 15 is 0 Å². The Morgan fingerprint density at radius 3 is 2.64 bits per heavy atom. The molecule has 2 rings (SSSR count). The molecule has 0 radical (unpaired) electrons. The molecule has 1 heterocycles. The van der Waals surface area contributed by atoms with Gasteiger partial charge in [-0.05, 0) is 24.3 Å². The largest absolute Gasteiger partial charge is 0.478 e. The SMILES string of the molecule is CN(Cc1ccco1)c1cc(Cl)c(S(N)(=O)=O)cc1C(=O)O. The lowest BCUT2D eigenvalue weighted by Gasteiger charge is -2.21. The molecule has 0 amide bonds. The molecule has 0 atom stereocenters. The second-order valence-corrected chi connectivity index (χ2v) is 6.52. The van der Waals surface area contributed by atoms with Gasteiger partial charge in [0.1, 0.15) is 10.7 Å². The fourth-order valence-corrected chi connectivity index (χ4v) is 3.06. The number of nitrogens with two attached hydrogens (primary N) is 1. The summed E-state index contributed by atoms with van der Waals surface area (Å²) in [6.45, 7) is 0.290. The number of furan rings is 1. The summed E-state index contributed by atoms with van der Waals surface area (Å²) in [5.74, 6) is -0.673. The van der Waals surface area contributed by atoms with Gasteiger partial charge in [0.2, 0.25) is 10.0 Å². The van der Waals surface area contributed by atoms with Crippen LogP contribution in [-0.4, -0.2) is 26.5 Å². The van der Waals surface area contributed by atoms with E-state index in [2.05, 4.69) is 0 Å². The summed E-state index contributed by atoms with van der Waals surface area (Å²) in [6, 6.07) is 5.65. The number of carbonyl (C=O) groups is 1. The van der Waals surface area contributed by atoms with Crippen LogP contribution in [0.25, 0.3) is 0 Å². The second kappa shape index (κ2) is 5.99. The van der Waals surface area contributed by atoms with E-state index in [4.69, 9.17) is 21.2 Å². The first-order valence-corrected chi connectivity index (χ1v) is 7.95. The van der Waals surface area contributed by atoms with Gasteiger partial charge < -0.3 is 14.4 Å². The Labute approximate surface area is 131 Å². The lowest BCUT2D eigenvalue weighted by Crippen LogP contribution is -2.21. The summed E-state index contributed by atoms with van der Waals surface area (Å²) in [5.41, 5.74) is 0.0313. The number of primary sulfonamides is 1. The third kappa shape index (κ3) is 3.41. The highest BCUT2D eigenvalue weighted by molar-refractivity contribution is 7.89. The summed E-state index contributed by atoms with van der Waals surface area (Å²) in [4.78, 5) is 12.5.